The van der Waals surface area contributed by atoms with E-state index in [9.17, 15) is 4.79 Å². The van der Waals surface area contributed by atoms with Gasteiger partial charge >= 0.3 is 0 Å². The van der Waals surface area contributed by atoms with Gasteiger partial charge in [0.2, 0.25) is 5.91 Å². The van der Waals surface area contributed by atoms with E-state index in [2.05, 4.69) is 29.0 Å². The van der Waals surface area contributed by atoms with Gasteiger partial charge in [0.05, 0.1) is 18.6 Å². The summed E-state index contributed by atoms with van der Waals surface area (Å²) in [6.45, 7) is 4.27. The van der Waals surface area contributed by atoms with Gasteiger partial charge in [-0.05, 0) is 57.4 Å². The van der Waals surface area contributed by atoms with E-state index in [1.165, 1.54) is 18.2 Å². The minimum Gasteiger partial charge on any atom is -0.495 e. The predicted octanol–water partition coefficient (Wildman–Crippen LogP) is 4.22. The Morgan fingerprint density at radius 1 is 1.10 bits per heavy atom. The molecule has 1 saturated heterocycles. The number of thioether (sulfide) groups is 1. The number of para-hydroxylation sites is 2. The van der Waals surface area contributed by atoms with Crippen LogP contribution >= 0.6 is 11.8 Å². The van der Waals surface area contributed by atoms with Crippen LogP contribution in [0.2, 0.25) is 0 Å². The van der Waals surface area contributed by atoms with Crippen LogP contribution in [0.1, 0.15) is 33.1 Å². The number of pyridine rings is 1. The minimum absolute atomic E-state index is 0.143. The van der Waals surface area contributed by atoms with Crippen LogP contribution in [0.4, 0.5) is 0 Å². The Kier molecular flexibility index (Phi) is 6.56. The molecule has 8 heteroatoms. The number of hydrogen-bond acceptors (Lipinski definition) is 6. The number of aromatic nitrogens is 4. The first-order valence-electron chi connectivity index (χ1n) is 10.5. The number of hydrogen-bond donors (Lipinski definition) is 0. The molecule has 3 aromatic rings. The first-order chi connectivity index (χ1) is 15.1. The number of methoxy groups -OCH3 is 1. The van der Waals surface area contributed by atoms with Crippen LogP contribution in [0.5, 0.6) is 5.75 Å². The molecule has 31 heavy (non-hydrogen) atoms. The van der Waals surface area contributed by atoms with Crippen LogP contribution in [0, 0.1) is 0 Å². The van der Waals surface area contributed by atoms with Gasteiger partial charge in [-0.25, -0.2) is 0 Å². The van der Waals surface area contributed by atoms with Crippen LogP contribution in [-0.4, -0.2) is 55.5 Å². The third-order valence-electron chi connectivity index (χ3n) is 5.70. The topological polar surface area (TPSA) is 73.1 Å². The second-order valence-electron chi connectivity index (χ2n) is 7.77. The summed E-state index contributed by atoms with van der Waals surface area (Å²) in [4.78, 5) is 19.2. The SMILES string of the molecule is COc1ccccc1-n1c(SCC(=O)N2[C@@H](C)CCC[C@@H]2C)nnc1-c1ccncc1. The van der Waals surface area contributed by atoms with E-state index in [1.54, 1.807) is 19.5 Å². The molecule has 0 radical (unpaired) electrons. The Morgan fingerprint density at radius 2 is 1.81 bits per heavy atom. The fourth-order valence-electron chi connectivity index (χ4n) is 4.20. The van der Waals surface area contributed by atoms with Crippen molar-refractivity contribution in [2.45, 2.75) is 50.4 Å². The number of likely N-dealkylation sites (tertiary alicyclic amines) is 1. The summed E-state index contributed by atoms with van der Waals surface area (Å²) in [7, 11) is 1.64. The maximum Gasteiger partial charge on any atom is 0.233 e. The standard InChI is InChI=1S/C23H27N5O2S/c1-16-7-6-8-17(2)27(16)21(29)15-31-23-26-25-22(18-11-13-24-14-12-18)28(23)19-9-4-5-10-20(19)30-3/h4-5,9-14,16-17H,6-8,15H2,1-3H3/t16-,17-/m0/s1. The monoisotopic (exact) mass is 437 g/mol. The summed E-state index contributed by atoms with van der Waals surface area (Å²) < 4.78 is 7.54. The second kappa shape index (κ2) is 9.51. The Balaban J connectivity index is 1.67. The summed E-state index contributed by atoms with van der Waals surface area (Å²) in [6, 6.07) is 12.1. The van der Waals surface area contributed by atoms with Gasteiger partial charge in [0.1, 0.15) is 5.75 Å². The van der Waals surface area contributed by atoms with Gasteiger partial charge in [-0.1, -0.05) is 23.9 Å². The number of piperidine rings is 1. The molecule has 0 N–H and O–H groups in total. The van der Waals surface area contributed by atoms with Crippen molar-refractivity contribution in [1.29, 1.82) is 0 Å². The molecule has 1 amide bonds. The van der Waals surface area contributed by atoms with Crippen molar-refractivity contribution in [2.24, 2.45) is 0 Å². The van der Waals surface area contributed by atoms with Crippen molar-refractivity contribution < 1.29 is 9.53 Å². The molecule has 4 rings (SSSR count). The Hall–Kier alpha value is -2.87. The van der Waals surface area contributed by atoms with Crippen LogP contribution in [-0.2, 0) is 4.79 Å². The molecule has 1 aliphatic heterocycles. The maximum atomic E-state index is 13.1. The number of carbonyl (C=O) groups excluding carboxylic acids is 1. The third kappa shape index (κ3) is 4.44. The molecule has 0 aliphatic carbocycles. The van der Waals surface area contributed by atoms with E-state index in [0.717, 1.165) is 24.1 Å². The molecule has 2 aromatic heterocycles. The lowest BCUT2D eigenvalue weighted by Gasteiger charge is -2.39. The largest absolute Gasteiger partial charge is 0.495 e. The highest BCUT2D eigenvalue weighted by atomic mass is 32.2. The third-order valence-corrected chi connectivity index (χ3v) is 6.62. The Morgan fingerprint density at radius 3 is 2.52 bits per heavy atom. The number of nitrogens with zero attached hydrogens (tertiary/aromatic N) is 5. The average molecular weight is 438 g/mol. The molecule has 162 valence electrons. The molecule has 1 aliphatic rings. The normalized spacial score (nSPS) is 18.7. The molecule has 3 heterocycles. The van der Waals surface area contributed by atoms with Crippen LogP contribution in [0.15, 0.2) is 53.9 Å². The molecule has 0 unspecified atom stereocenters. The number of benzene rings is 1. The zero-order valence-electron chi connectivity index (χ0n) is 18.1. The van der Waals surface area contributed by atoms with E-state index in [0.29, 0.717) is 22.5 Å². The van der Waals surface area contributed by atoms with E-state index in [-0.39, 0.29) is 18.0 Å². The summed E-state index contributed by atoms with van der Waals surface area (Å²) in [5.74, 6) is 1.86. The van der Waals surface area contributed by atoms with Crippen LogP contribution in [0.3, 0.4) is 0 Å². The lowest BCUT2D eigenvalue weighted by atomic mass is 9.98. The molecule has 1 aromatic carbocycles. The molecule has 1 fully saturated rings. The van der Waals surface area contributed by atoms with Gasteiger partial charge in [0, 0.05) is 30.0 Å². The van der Waals surface area contributed by atoms with Gasteiger partial charge in [0.15, 0.2) is 11.0 Å². The predicted molar refractivity (Wildman–Crippen MR) is 121 cm³/mol. The fourth-order valence-corrected chi connectivity index (χ4v) is 5.01. The number of amides is 1. The highest BCUT2D eigenvalue weighted by Gasteiger charge is 2.29. The average Bonchev–Trinajstić information content (AvgIpc) is 3.22. The number of rotatable bonds is 6. The molecule has 2 atom stereocenters. The van der Waals surface area contributed by atoms with Crippen molar-refractivity contribution in [3.8, 4) is 22.8 Å². The molecule has 0 spiro atoms. The molecule has 7 nitrogen and oxygen atoms in total. The summed E-state index contributed by atoms with van der Waals surface area (Å²) >= 11 is 1.41. The van der Waals surface area contributed by atoms with E-state index < -0.39 is 0 Å². The molecule has 0 saturated carbocycles. The lowest BCUT2D eigenvalue weighted by Crippen LogP contribution is -2.48. The molecular formula is C23H27N5O2S. The van der Waals surface area contributed by atoms with Crippen LogP contribution in [0.25, 0.3) is 17.1 Å². The number of carbonyl (C=O) groups is 1. The van der Waals surface area contributed by atoms with Gasteiger partial charge in [-0.15, -0.1) is 10.2 Å². The molecule has 0 bridgehead atoms. The van der Waals surface area contributed by atoms with Crippen LogP contribution < -0.4 is 4.74 Å². The lowest BCUT2D eigenvalue weighted by molar-refractivity contribution is -0.134. The fraction of sp³-hybridized carbons (Fsp3) is 0.391. The smallest absolute Gasteiger partial charge is 0.233 e. The van der Waals surface area contributed by atoms with Gasteiger partial charge in [0.25, 0.3) is 0 Å². The van der Waals surface area contributed by atoms with E-state index in [1.807, 2.05) is 45.9 Å². The van der Waals surface area contributed by atoms with Gasteiger partial charge in [-0.2, -0.15) is 0 Å². The Bertz CT molecular complexity index is 1030. The van der Waals surface area contributed by atoms with Gasteiger partial charge in [-0.3, -0.25) is 14.3 Å². The molecular weight excluding hydrogens is 410 g/mol. The van der Waals surface area contributed by atoms with E-state index >= 15 is 0 Å². The highest BCUT2D eigenvalue weighted by Crippen LogP contribution is 2.33. The first-order valence-corrected chi connectivity index (χ1v) is 11.5. The zero-order chi connectivity index (χ0) is 21.8. The Labute approximate surface area is 186 Å². The summed E-state index contributed by atoms with van der Waals surface area (Å²) in [5.41, 5.74) is 1.72. The number of ether oxygens (including phenoxy) is 1. The second-order valence-corrected chi connectivity index (χ2v) is 8.71. The highest BCUT2D eigenvalue weighted by molar-refractivity contribution is 7.99. The van der Waals surface area contributed by atoms with Crippen molar-refractivity contribution in [3.05, 3.63) is 48.8 Å². The van der Waals surface area contributed by atoms with Crippen molar-refractivity contribution in [2.75, 3.05) is 12.9 Å². The van der Waals surface area contributed by atoms with Gasteiger partial charge < -0.3 is 9.64 Å². The van der Waals surface area contributed by atoms with Crippen molar-refractivity contribution in [3.63, 3.8) is 0 Å². The zero-order valence-corrected chi connectivity index (χ0v) is 18.9. The first kappa shape index (κ1) is 21.4. The van der Waals surface area contributed by atoms with E-state index in [4.69, 9.17) is 4.74 Å². The summed E-state index contributed by atoms with van der Waals surface area (Å²) in [5, 5.41) is 9.53. The minimum atomic E-state index is 0.143. The quantitative estimate of drug-likeness (QED) is 0.538. The van der Waals surface area contributed by atoms with Crippen molar-refractivity contribution >= 4 is 17.7 Å². The summed E-state index contributed by atoms with van der Waals surface area (Å²) in [6.07, 6.45) is 6.75. The van der Waals surface area contributed by atoms with Crippen molar-refractivity contribution in [1.82, 2.24) is 24.6 Å². The maximum absolute atomic E-state index is 13.1.